The molecule has 1 aliphatic carbocycles. The maximum Gasteiger partial charge on any atom is 0.322 e. The van der Waals surface area contributed by atoms with Crippen LogP contribution in [0.2, 0.25) is 10.3 Å². The molecule has 2 rings (SSSR count). The van der Waals surface area contributed by atoms with E-state index in [1.807, 2.05) is 0 Å². The fourth-order valence-electron chi connectivity index (χ4n) is 2.13. The maximum absolute atomic E-state index is 5.89. The van der Waals surface area contributed by atoms with Gasteiger partial charge in [0.25, 0.3) is 0 Å². The van der Waals surface area contributed by atoms with Crippen molar-refractivity contribution in [3.8, 4) is 0 Å². The Morgan fingerprint density at radius 1 is 1.13 bits per heavy atom. The Labute approximate surface area is 100 Å². The Kier molecular flexibility index (Phi) is 3.81. The highest BCUT2D eigenvalue weighted by atomic mass is 35.5. The quantitative estimate of drug-likeness (QED) is 0.561. The molecule has 4 heteroatoms. The number of rotatable bonds is 1. The molecule has 1 aromatic rings. The van der Waals surface area contributed by atoms with Crippen LogP contribution >= 0.6 is 11.6 Å². The van der Waals surface area contributed by atoms with Gasteiger partial charge in [0.1, 0.15) is 11.0 Å². The van der Waals surface area contributed by atoms with Gasteiger partial charge in [0.05, 0.1) is 6.07 Å². The van der Waals surface area contributed by atoms with Crippen LogP contribution in [0.4, 0.5) is 0 Å². The summed E-state index contributed by atoms with van der Waals surface area (Å²) < 4.78 is 0. The first kappa shape index (κ1) is 11.2. The second-order valence-electron chi connectivity index (χ2n) is 4.08. The normalized spacial score (nSPS) is 18.8. The molecule has 0 radical (unpaired) electrons. The number of hydrogen-bond donors (Lipinski definition) is 0. The minimum absolute atomic E-state index is 0.466. The van der Waals surface area contributed by atoms with E-state index in [1.54, 1.807) is 6.07 Å². The number of halogens is 2. The summed E-state index contributed by atoms with van der Waals surface area (Å²) in [6.07, 6.45) is 7.56. The van der Waals surface area contributed by atoms with Crippen LogP contribution in [0, 0.1) is 11.6 Å². The van der Waals surface area contributed by atoms with Crippen LogP contribution in [0.15, 0.2) is 6.07 Å². The van der Waals surface area contributed by atoms with Gasteiger partial charge < -0.3 is 0 Å². The van der Waals surface area contributed by atoms with Gasteiger partial charge in [-0.05, 0) is 12.8 Å². The van der Waals surface area contributed by atoms with Crippen molar-refractivity contribution in [1.82, 2.24) is 9.97 Å². The smallest absolute Gasteiger partial charge is 0.220 e. The number of aromatic nitrogens is 2. The largest absolute Gasteiger partial charge is 0.322 e. The summed E-state index contributed by atoms with van der Waals surface area (Å²) in [7, 11) is 0. The fourth-order valence-corrected chi connectivity index (χ4v) is 2.59. The van der Waals surface area contributed by atoms with Crippen LogP contribution in [0.5, 0.6) is 0 Å². The average molecular weight is 246 g/mol. The molecular formula is C11H15Cl2N2+. The Hall–Kier alpha value is -0.340. The van der Waals surface area contributed by atoms with E-state index in [0.29, 0.717) is 16.2 Å². The van der Waals surface area contributed by atoms with Crippen molar-refractivity contribution in [2.45, 2.75) is 44.4 Å². The molecule has 0 atom stereocenters. The molecule has 1 aliphatic rings. The van der Waals surface area contributed by atoms with Crippen LogP contribution in [0.25, 0.3) is 0 Å². The van der Waals surface area contributed by atoms with Crippen LogP contribution in [-0.2, 0) is 0 Å². The standard InChI is InChI=1S/C11H15Cl2N2/c12-9-7-10(13)15-11(14-9)8-5-3-1-2-4-6-8/h7-8,12H,1-6H2/q+1. The zero-order valence-corrected chi connectivity index (χ0v) is 10.2. The summed E-state index contributed by atoms with van der Waals surface area (Å²) in [5, 5.41) is 1.04. The second kappa shape index (κ2) is 5.13. The SMILES string of the molecule is Clc1cc([ClH+])nc(C2CCCCCC2)n1. The van der Waals surface area contributed by atoms with Crippen molar-refractivity contribution >= 4 is 11.6 Å². The molecule has 0 N–H and O–H groups in total. The maximum atomic E-state index is 5.89. The third kappa shape index (κ3) is 3.05. The molecule has 0 aromatic carbocycles. The third-order valence-corrected chi connectivity index (χ3v) is 3.31. The second-order valence-corrected chi connectivity index (χ2v) is 4.88. The predicted molar refractivity (Wildman–Crippen MR) is 58.0 cm³/mol. The highest BCUT2D eigenvalue weighted by molar-refractivity contribution is 6.29. The molecule has 0 amide bonds. The molecule has 1 heterocycles. The Morgan fingerprint density at radius 2 is 1.80 bits per heavy atom. The van der Waals surface area contributed by atoms with Gasteiger partial charge in [0.2, 0.25) is 0 Å². The van der Waals surface area contributed by atoms with E-state index in [2.05, 4.69) is 9.97 Å². The van der Waals surface area contributed by atoms with Crippen molar-refractivity contribution in [3.63, 3.8) is 0 Å². The zero-order chi connectivity index (χ0) is 10.7. The summed E-state index contributed by atoms with van der Waals surface area (Å²) in [4.78, 5) is 8.61. The minimum Gasteiger partial charge on any atom is -0.220 e. The van der Waals surface area contributed by atoms with E-state index in [1.165, 1.54) is 38.5 Å². The van der Waals surface area contributed by atoms with Gasteiger partial charge in [-0.15, -0.1) is 0 Å². The molecule has 0 bridgehead atoms. The molecule has 0 aliphatic heterocycles. The van der Waals surface area contributed by atoms with E-state index >= 15 is 0 Å². The van der Waals surface area contributed by atoms with Gasteiger partial charge in [0, 0.05) is 5.92 Å². The molecule has 82 valence electrons. The number of hydrogen-bond acceptors (Lipinski definition) is 2. The van der Waals surface area contributed by atoms with Gasteiger partial charge >= 0.3 is 5.15 Å². The lowest BCUT2D eigenvalue weighted by atomic mass is 10.00. The highest BCUT2D eigenvalue weighted by Crippen LogP contribution is 2.30. The summed E-state index contributed by atoms with van der Waals surface area (Å²) in [5.41, 5.74) is 0. The molecule has 1 aromatic heterocycles. The van der Waals surface area contributed by atoms with Crippen molar-refractivity contribution in [2.75, 3.05) is 0 Å². The summed E-state index contributed by atoms with van der Waals surface area (Å²) in [6, 6.07) is 1.64. The average Bonchev–Trinajstić information content (AvgIpc) is 2.43. The van der Waals surface area contributed by atoms with Gasteiger partial charge in [0.15, 0.2) is 11.6 Å². The Morgan fingerprint density at radius 3 is 2.40 bits per heavy atom. The molecular weight excluding hydrogens is 231 g/mol. The van der Waals surface area contributed by atoms with Gasteiger partial charge in [-0.3, -0.25) is 0 Å². The van der Waals surface area contributed by atoms with Crippen LogP contribution in [-0.4, -0.2) is 9.97 Å². The molecule has 2 nitrogen and oxygen atoms in total. The van der Waals surface area contributed by atoms with E-state index in [0.717, 1.165) is 5.82 Å². The van der Waals surface area contributed by atoms with Crippen molar-refractivity contribution < 1.29 is 11.6 Å². The van der Waals surface area contributed by atoms with Crippen molar-refractivity contribution in [1.29, 1.82) is 0 Å². The van der Waals surface area contributed by atoms with Crippen LogP contribution in [0.3, 0.4) is 0 Å². The van der Waals surface area contributed by atoms with Crippen molar-refractivity contribution in [3.05, 3.63) is 22.2 Å². The van der Waals surface area contributed by atoms with Crippen molar-refractivity contribution in [2.24, 2.45) is 0 Å². The topological polar surface area (TPSA) is 25.8 Å². The van der Waals surface area contributed by atoms with Gasteiger partial charge in [-0.2, -0.15) is 4.98 Å². The number of nitrogens with zero attached hydrogens (tertiary/aromatic N) is 2. The third-order valence-electron chi connectivity index (χ3n) is 2.91. The molecule has 15 heavy (non-hydrogen) atoms. The minimum atomic E-state index is 0.466. The van der Waals surface area contributed by atoms with Gasteiger partial charge in [-0.25, -0.2) is 4.98 Å². The molecule has 0 spiro atoms. The predicted octanol–water partition coefficient (Wildman–Crippen LogP) is 3.26. The van der Waals surface area contributed by atoms with Crippen LogP contribution < -0.4 is 0 Å². The molecule has 0 saturated heterocycles. The summed E-state index contributed by atoms with van der Waals surface area (Å²) >= 11 is 10.9. The first-order valence-electron chi connectivity index (χ1n) is 5.47. The lowest BCUT2D eigenvalue weighted by molar-refractivity contribution is -0.296. The van der Waals surface area contributed by atoms with E-state index < -0.39 is 0 Å². The fraction of sp³-hybridized carbons (Fsp3) is 0.636. The van der Waals surface area contributed by atoms with E-state index in [-0.39, 0.29) is 0 Å². The Balaban J connectivity index is 2.19. The molecule has 0 unspecified atom stereocenters. The first-order valence-corrected chi connectivity index (χ1v) is 6.26. The molecule has 1 saturated carbocycles. The van der Waals surface area contributed by atoms with Crippen LogP contribution in [0.1, 0.15) is 50.3 Å². The van der Waals surface area contributed by atoms with Gasteiger partial charge in [-0.1, -0.05) is 37.3 Å². The first-order chi connectivity index (χ1) is 7.25. The zero-order valence-electron chi connectivity index (χ0n) is 8.58. The lowest BCUT2D eigenvalue weighted by Gasteiger charge is -2.11. The molecule has 1 fully saturated rings. The monoisotopic (exact) mass is 245 g/mol. The lowest BCUT2D eigenvalue weighted by Crippen LogP contribution is -2.04. The highest BCUT2D eigenvalue weighted by Gasteiger charge is 2.19. The van der Waals surface area contributed by atoms with E-state index in [9.17, 15) is 0 Å². The van der Waals surface area contributed by atoms with E-state index in [4.69, 9.17) is 23.2 Å². The summed E-state index contributed by atoms with van der Waals surface area (Å²) in [5.74, 6) is 1.32. The Bertz CT molecular complexity index is 313. The summed E-state index contributed by atoms with van der Waals surface area (Å²) in [6.45, 7) is 0.